The lowest BCUT2D eigenvalue weighted by molar-refractivity contribution is 0.0797. The normalized spacial score (nSPS) is 13.4. The van der Waals surface area contributed by atoms with E-state index in [0.29, 0.717) is 24.0 Å². The molecule has 0 aromatic carbocycles. The summed E-state index contributed by atoms with van der Waals surface area (Å²) < 4.78 is 0.990. The van der Waals surface area contributed by atoms with Crippen LogP contribution in [-0.4, -0.2) is 21.6 Å². The number of thiophene rings is 2. The minimum Gasteiger partial charge on any atom is -0.387 e. The highest BCUT2D eigenvalue weighted by molar-refractivity contribution is 7.18. The van der Waals surface area contributed by atoms with E-state index in [4.69, 9.17) is 28.6 Å². The average molecular weight is 411 g/mol. The van der Waals surface area contributed by atoms with Crippen molar-refractivity contribution in [2.45, 2.75) is 6.10 Å². The van der Waals surface area contributed by atoms with E-state index in [-0.39, 0.29) is 11.5 Å². The molecular weight excluding hydrogens is 399 g/mol. The maximum Gasteiger partial charge on any atom is 0.184 e. The van der Waals surface area contributed by atoms with Gasteiger partial charge in [-0.3, -0.25) is 9.78 Å². The zero-order chi connectivity index (χ0) is 18.0. The van der Waals surface area contributed by atoms with E-state index in [1.807, 2.05) is 0 Å². The van der Waals surface area contributed by atoms with Crippen LogP contribution in [0.2, 0.25) is 8.67 Å². The third kappa shape index (κ3) is 3.99. The van der Waals surface area contributed by atoms with Gasteiger partial charge in [-0.25, -0.2) is 0 Å². The van der Waals surface area contributed by atoms with Crippen LogP contribution >= 0.6 is 45.9 Å². The number of rotatable bonds is 6. The first kappa shape index (κ1) is 18.2. The number of aromatic nitrogens is 1. The molecule has 2 atom stereocenters. The summed E-state index contributed by atoms with van der Waals surface area (Å²) in [7, 11) is 0. The second-order valence-corrected chi connectivity index (χ2v) is 8.62. The van der Waals surface area contributed by atoms with Crippen LogP contribution in [0.5, 0.6) is 0 Å². The number of pyridine rings is 1. The lowest BCUT2D eigenvalue weighted by Gasteiger charge is -2.22. The number of hydrogen-bond donors (Lipinski definition) is 2. The van der Waals surface area contributed by atoms with E-state index < -0.39 is 12.0 Å². The molecule has 3 heterocycles. The first-order valence-corrected chi connectivity index (χ1v) is 9.58. The van der Waals surface area contributed by atoms with Crippen LogP contribution in [-0.2, 0) is 0 Å². The largest absolute Gasteiger partial charge is 0.387 e. The Morgan fingerprint density at radius 1 is 1.08 bits per heavy atom. The zero-order valence-electron chi connectivity index (χ0n) is 12.6. The molecule has 2 N–H and O–H groups in total. The summed E-state index contributed by atoms with van der Waals surface area (Å²) in [6.45, 7) is 0. The number of nitrogens with one attached hydrogen (secondary N) is 1. The number of carbonyl (C=O) groups is 1. The predicted octanol–water partition coefficient (Wildman–Crippen LogP) is 5.11. The van der Waals surface area contributed by atoms with E-state index >= 15 is 0 Å². The Morgan fingerprint density at radius 2 is 1.72 bits per heavy atom. The van der Waals surface area contributed by atoms with Crippen molar-refractivity contribution in [2.75, 3.05) is 0 Å². The van der Waals surface area contributed by atoms with Gasteiger partial charge in [0.25, 0.3) is 0 Å². The van der Waals surface area contributed by atoms with Gasteiger partial charge in [-0.2, -0.15) is 0 Å². The molecule has 8 heteroatoms. The van der Waals surface area contributed by atoms with Crippen LogP contribution in [0, 0.1) is 11.3 Å². The van der Waals surface area contributed by atoms with Crippen LogP contribution in [0.3, 0.4) is 0 Å². The molecule has 0 saturated heterocycles. The van der Waals surface area contributed by atoms with Gasteiger partial charge in [0.1, 0.15) is 0 Å². The molecule has 0 radical (unpaired) electrons. The van der Waals surface area contributed by atoms with Crippen molar-refractivity contribution in [3.63, 3.8) is 0 Å². The average Bonchev–Trinajstić information content (AvgIpc) is 3.24. The summed E-state index contributed by atoms with van der Waals surface area (Å²) in [6.07, 6.45) is 1.87. The molecule has 0 fully saturated rings. The van der Waals surface area contributed by atoms with Crippen molar-refractivity contribution in [1.29, 1.82) is 5.41 Å². The Balaban J connectivity index is 2.01. The lowest BCUT2D eigenvalue weighted by Crippen LogP contribution is -2.30. The molecule has 4 nitrogen and oxygen atoms in total. The summed E-state index contributed by atoms with van der Waals surface area (Å²) >= 11 is 14.2. The van der Waals surface area contributed by atoms with Gasteiger partial charge >= 0.3 is 0 Å². The topological polar surface area (TPSA) is 74.0 Å². The maximum absolute atomic E-state index is 13.0. The molecule has 25 heavy (non-hydrogen) atoms. The van der Waals surface area contributed by atoms with Crippen LogP contribution in [0.15, 0.2) is 48.8 Å². The second-order valence-electron chi connectivity index (χ2n) is 5.19. The van der Waals surface area contributed by atoms with Gasteiger partial charge in [0.15, 0.2) is 5.78 Å². The van der Waals surface area contributed by atoms with Gasteiger partial charge in [0.2, 0.25) is 0 Å². The molecule has 3 aromatic rings. The molecule has 0 amide bonds. The molecule has 0 bridgehead atoms. The van der Waals surface area contributed by atoms with Crippen LogP contribution in [0.25, 0.3) is 0 Å². The number of nitrogens with zero attached hydrogens (tertiary/aromatic N) is 1. The Bertz CT molecular complexity index is 856. The highest BCUT2D eigenvalue weighted by Crippen LogP contribution is 2.34. The number of hydrogen-bond acceptors (Lipinski definition) is 6. The standard InChI is InChI=1S/C17H12Cl2N2O2S2/c18-12-5-3-10(24-12)15(20)14(16(22)9-2-1-7-21-8-9)17(23)11-4-6-13(19)25-11/h1-8,14,16,20,22H. The molecular formula is C17H12Cl2N2O2S2. The zero-order valence-corrected chi connectivity index (χ0v) is 15.8. The molecule has 3 aromatic heterocycles. The number of aliphatic hydroxyl groups excluding tert-OH is 1. The van der Waals surface area contributed by atoms with Gasteiger partial charge in [0.05, 0.1) is 36.2 Å². The molecule has 0 saturated carbocycles. The van der Waals surface area contributed by atoms with E-state index in [2.05, 4.69) is 4.98 Å². The fourth-order valence-corrected chi connectivity index (χ4v) is 4.44. The monoisotopic (exact) mass is 410 g/mol. The molecule has 0 aliphatic carbocycles. The quantitative estimate of drug-likeness (QED) is 0.437. The van der Waals surface area contributed by atoms with Gasteiger partial charge in [0, 0.05) is 12.4 Å². The summed E-state index contributed by atoms with van der Waals surface area (Å²) in [4.78, 5) is 17.9. The lowest BCUT2D eigenvalue weighted by atomic mass is 9.87. The first-order valence-electron chi connectivity index (χ1n) is 7.19. The molecule has 0 aliphatic heterocycles. The Labute approximate surface area is 162 Å². The third-order valence-corrected chi connectivity index (χ3v) is 6.10. The Kier molecular flexibility index (Phi) is 5.66. The maximum atomic E-state index is 13.0. The Hall–Kier alpha value is -1.57. The van der Waals surface area contributed by atoms with Crippen LogP contribution in [0.1, 0.15) is 26.2 Å². The highest BCUT2D eigenvalue weighted by atomic mass is 35.5. The fraction of sp³-hybridized carbons (Fsp3) is 0.118. The minimum atomic E-state index is -1.20. The minimum absolute atomic E-state index is 0.0165. The Morgan fingerprint density at radius 3 is 2.24 bits per heavy atom. The summed E-state index contributed by atoms with van der Waals surface area (Å²) in [5.74, 6) is -1.43. The van der Waals surface area contributed by atoms with Crippen molar-refractivity contribution < 1.29 is 9.90 Å². The number of halogens is 2. The van der Waals surface area contributed by atoms with Crippen LogP contribution in [0.4, 0.5) is 0 Å². The molecule has 0 spiro atoms. The van der Waals surface area contributed by atoms with E-state index in [1.54, 1.807) is 42.6 Å². The second kappa shape index (κ2) is 7.76. The van der Waals surface area contributed by atoms with Gasteiger partial charge in [-0.05, 0) is 35.9 Å². The number of ketones is 1. The smallest absolute Gasteiger partial charge is 0.184 e. The third-order valence-electron chi connectivity index (χ3n) is 3.59. The van der Waals surface area contributed by atoms with E-state index in [1.165, 1.54) is 17.5 Å². The number of aliphatic hydroxyl groups is 1. The van der Waals surface area contributed by atoms with Gasteiger partial charge < -0.3 is 10.5 Å². The van der Waals surface area contributed by atoms with Crippen molar-refractivity contribution in [3.8, 4) is 0 Å². The first-order chi connectivity index (χ1) is 12.0. The summed E-state index contributed by atoms with van der Waals surface area (Å²) in [5, 5.41) is 19.3. The summed E-state index contributed by atoms with van der Waals surface area (Å²) in [6, 6.07) is 9.91. The predicted molar refractivity (Wildman–Crippen MR) is 103 cm³/mol. The van der Waals surface area contributed by atoms with E-state index in [0.717, 1.165) is 11.3 Å². The number of carbonyl (C=O) groups excluding carboxylic acids is 1. The molecule has 2 unspecified atom stereocenters. The van der Waals surface area contributed by atoms with Gasteiger partial charge in [-0.1, -0.05) is 29.3 Å². The SMILES string of the molecule is N=C(c1ccc(Cl)s1)C(C(=O)c1ccc(Cl)s1)C(O)c1cccnc1. The van der Waals surface area contributed by atoms with Crippen molar-refractivity contribution in [1.82, 2.24) is 4.98 Å². The fourth-order valence-electron chi connectivity index (χ4n) is 2.39. The number of Topliss-reactive ketones (excluding diaryl/α,β-unsaturated/α-hetero) is 1. The molecule has 128 valence electrons. The van der Waals surface area contributed by atoms with Gasteiger partial charge in [-0.15, -0.1) is 22.7 Å². The van der Waals surface area contributed by atoms with E-state index in [9.17, 15) is 9.90 Å². The van der Waals surface area contributed by atoms with Crippen LogP contribution < -0.4 is 0 Å². The molecule has 3 rings (SSSR count). The van der Waals surface area contributed by atoms with Crippen molar-refractivity contribution in [3.05, 3.63) is 72.8 Å². The van der Waals surface area contributed by atoms with Crippen molar-refractivity contribution in [2.24, 2.45) is 5.92 Å². The molecule has 0 aliphatic rings. The summed E-state index contributed by atoms with van der Waals surface area (Å²) in [5.41, 5.74) is 0.485. The van der Waals surface area contributed by atoms with Crippen molar-refractivity contribution >= 4 is 57.4 Å². The highest BCUT2D eigenvalue weighted by Gasteiger charge is 2.35.